The quantitative estimate of drug-likeness (QED) is 0.441. The fraction of sp³-hybridized carbons (Fsp3) is 0.115. The van der Waals surface area contributed by atoms with E-state index in [9.17, 15) is 14.4 Å². The summed E-state index contributed by atoms with van der Waals surface area (Å²) in [6.07, 6.45) is 5.30. The summed E-state index contributed by atoms with van der Waals surface area (Å²) in [6, 6.07) is 22.1. The number of hydrogen-bond donors (Lipinski definition) is 2. The maximum absolute atomic E-state index is 13.0. The molecule has 0 bridgehead atoms. The lowest BCUT2D eigenvalue weighted by Gasteiger charge is -2.25. The van der Waals surface area contributed by atoms with Crippen LogP contribution in [0.1, 0.15) is 33.3 Å². The van der Waals surface area contributed by atoms with E-state index in [1.807, 2.05) is 12.1 Å². The Morgan fingerprint density at radius 3 is 2.24 bits per heavy atom. The number of thioether (sulfide) groups is 1. The smallest absolute Gasteiger partial charge is 0.305 e. The van der Waals surface area contributed by atoms with Crippen LogP contribution < -0.4 is 10.6 Å². The molecule has 3 aliphatic rings. The second-order valence-electron chi connectivity index (χ2n) is 7.51. The first kappa shape index (κ1) is 22.2. The predicted molar refractivity (Wildman–Crippen MR) is 129 cm³/mol. The number of terminal acetylenes is 1. The Morgan fingerprint density at radius 1 is 1.03 bits per heavy atom. The molecule has 2 amide bonds. The van der Waals surface area contributed by atoms with Crippen LogP contribution in [0.3, 0.4) is 0 Å². The molecule has 2 atom stereocenters. The fourth-order valence-electron chi connectivity index (χ4n) is 3.63. The van der Waals surface area contributed by atoms with Gasteiger partial charge in [0.1, 0.15) is 5.37 Å². The summed E-state index contributed by atoms with van der Waals surface area (Å²) in [6.45, 7) is 0. The van der Waals surface area contributed by atoms with Crippen LogP contribution in [0.15, 0.2) is 72.8 Å². The summed E-state index contributed by atoms with van der Waals surface area (Å²) in [7, 11) is 0. The maximum atomic E-state index is 13.0. The first-order chi connectivity index (χ1) is 15.9. The highest BCUT2D eigenvalue weighted by atomic mass is 32.2. The highest BCUT2D eigenvalue weighted by molar-refractivity contribution is 8.01. The number of amides is 2. The molecule has 5 rings (SSSR count). The van der Waals surface area contributed by atoms with Crippen molar-refractivity contribution < 1.29 is 19.5 Å². The Bertz CT molecular complexity index is 1260. The second-order valence-corrected chi connectivity index (χ2v) is 8.79. The average Bonchev–Trinajstić information content (AvgIpc) is 3.11. The van der Waals surface area contributed by atoms with Gasteiger partial charge in [-0.2, -0.15) is 0 Å². The van der Waals surface area contributed by atoms with Gasteiger partial charge in [-0.3, -0.25) is 19.3 Å². The van der Waals surface area contributed by atoms with Gasteiger partial charge in [0.25, 0.3) is 0 Å². The largest absolute Gasteiger partial charge is 0.481 e. The molecule has 6 nitrogen and oxygen atoms in total. The summed E-state index contributed by atoms with van der Waals surface area (Å²) in [5.74, 6) is 0.586. The number of carboxylic acids is 1. The molecular weight excluding hydrogens is 436 g/mol. The molecule has 164 valence electrons. The van der Waals surface area contributed by atoms with E-state index < -0.39 is 22.5 Å². The number of nitrogens with zero attached hydrogens (tertiary/aromatic N) is 1. The monoisotopic (exact) mass is 456 g/mol. The topological polar surface area (TPSA) is 101 Å². The van der Waals surface area contributed by atoms with Crippen LogP contribution in [0.2, 0.25) is 0 Å². The number of benzene rings is 3. The van der Waals surface area contributed by atoms with Crippen LogP contribution in [0.25, 0.3) is 11.1 Å². The molecule has 3 N–H and O–H groups in total. The molecule has 1 heterocycles. The number of carbonyl (C=O) groups is 3. The van der Waals surface area contributed by atoms with Crippen molar-refractivity contribution in [3.8, 4) is 23.5 Å². The second kappa shape index (κ2) is 9.23. The molecule has 2 aromatic carbocycles. The zero-order valence-electron chi connectivity index (χ0n) is 17.5. The van der Waals surface area contributed by atoms with Crippen molar-refractivity contribution in [1.82, 2.24) is 0 Å². The van der Waals surface area contributed by atoms with Crippen molar-refractivity contribution in [3.05, 3.63) is 89.5 Å². The van der Waals surface area contributed by atoms with Crippen molar-refractivity contribution >= 4 is 35.2 Å². The van der Waals surface area contributed by atoms with Gasteiger partial charge in [-0.1, -0.05) is 54.5 Å². The molecule has 33 heavy (non-hydrogen) atoms. The van der Waals surface area contributed by atoms with Crippen molar-refractivity contribution in [2.45, 2.75) is 17.0 Å². The predicted octanol–water partition coefficient (Wildman–Crippen LogP) is 4.06. The molecule has 1 saturated heterocycles. The third kappa shape index (κ3) is 4.47. The van der Waals surface area contributed by atoms with E-state index in [1.54, 1.807) is 30.3 Å². The fourth-order valence-corrected chi connectivity index (χ4v) is 5.11. The Labute approximate surface area is 195 Å². The molecule has 0 radical (unpaired) electrons. The molecule has 0 aromatic heterocycles. The van der Waals surface area contributed by atoms with Crippen LogP contribution in [0, 0.1) is 12.3 Å². The normalized spacial score (nSPS) is 17.5. The van der Waals surface area contributed by atoms with Crippen LogP contribution in [0.4, 0.5) is 5.69 Å². The van der Waals surface area contributed by atoms with E-state index in [1.165, 1.54) is 33.9 Å². The molecule has 2 aliphatic carbocycles. The van der Waals surface area contributed by atoms with Crippen molar-refractivity contribution in [3.63, 3.8) is 0 Å². The molecular formula is C26H20N2O4S. The van der Waals surface area contributed by atoms with Gasteiger partial charge in [0.15, 0.2) is 0 Å². The lowest BCUT2D eigenvalue weighted by Crippen LogP contribution is -2.32. The number of fused-ring (bicyclic) bond motifs is 1. The minimum absolute atomic E-state index is 0.260. The minimum atomic E-state index is -1.06. The lowest BCUT2D eigenvalue weighted by atomic mass is 9.95. The number of aliphatic carboxylic acids is 1. The van der Waals surface area contributed by atoms with Gasteiger partial charge in [0.2, 0.25) is 11.8 Å². The van der Waals surface area contributed by atoms with Crippen molar-refractivity contribution in [2.75, 3.05) is 4.90 Å². The molecule has 0 spiro atoms. The first-order valence-electron chi connectivity index (χ1n) is 10.1. The van der Waals surface area contributed by atoms with Crippen LogP contribution in [-0.4, -0.2) is 28.1 Å². The van der Waals surface area contributed by atoms with E-state index >= 15 is 0 Å². The van der Waals surface area contributed by atoms with Gasteiger partial charge < -0.3 is 10.8 Å². The molecule has 0 unspecified atom stereocenters. The Hall–Kier alpha value is -4.02. The standard InChI is InChI=1S/C20H16N2O4S.C6H4/c1-2-12-6-3-4-9-15(12)20-22(19(26)16(27-20)11-17(23)24)14-8-5-7-13(10-14)18(21)25;1-2-6-4-3-5(1)6/h1,3-10,16,20H,11H2,(H2,21,25)(H,23,24);1-4H/t16-,20+;/m1./s1. The van der Waals surface area contributed by atoms with Gasteiger partial charge >= 0.3 is 5.97 Å². The van der Waals surface area contributed by atoms with E-state index in [-0.39, 0.29) is 17.9 Å². The third-order valence-electron chi connectivity index (χ3n) is 5.41. The first-order valence-corrected chi connectivity index (χ1v) is 11.1. The molecule has 1 aliphatic heterocycles. The number of carbonyl (C=O) groups excluding carboxylic acids is 2. The zero-order valence-corrected chi connectivity index (χ0v) is 18.3. The van der Waals surface area contributed by atoms with Crippen LogP contribution >= 0.6 is 11.8 Å². The number of carboxylic acid groups (broad SMARTS) is 1. The number of rotatable bonds is 5. The van der Waals surface area contributed by atoms with Crippen molar-refractivity contribution in [1.29, 1.82) is 0 Å². The lowest BCUT2D eigenvalue weighted by molar-refractivity contribution is -0.138. The van der Waals surface area contributed by atoms with Crippen molar-refractivity contribution in [2.24, 2.45) is 5.73 Å². The summed E-state index contributed by atoms with van der Waals surface area (Å²) in [5.41, 5.74) is 10.3. The Kier molecular flexibility index (Phi) is 6.20. The van der Waals surface area contributed by atoms with Gasteiger partial charge in [0.05, 0.1) is 11.7 Å². The van der Waals surface area contributed by atoms with Crippen LogP contribution in [0.5, 0.6) is 0 Å². The summed E-state index contributed by atoms with van der Waals surface area (Å²) in [5, 5.41) is 7.89. The summed E-state index contributed by atoms with van der Waals surface area (Å²) >= 11 is 1.23. The third-order valence-corrected chi connectivity index (χ3v) is 6.83. The molecule has 2 aromatic rings. The van der Waals surface area contributed by atoms with Gasteiger partial charge in [0, 0.05) is 22.4 Å². The molecule has 0 saturated carbocycles. The van der Waals surface area contributed by atoms with E-state index in [0.717, 1.165) is 5.56 Å². The highest BCUT2D eigenvalue weighted by Gasteiger charge is 2.43. The van der Waals surface area contributed by atoms with E-state index in [0.29, 0.717) is 11.3 Å². The van der Waals surface area contributed by atoms with Crippen LogP contribution in [-0.2, 0) is 9.59 Å². The minimum Gasteiger partial charge on any atom is -0.481 e. The van der Waals surface area contributed by atoms with E-state index in [2.05, 4.69) is 30.2 Å². The Balaban J connectivity index is 0.000000367. The van der Waals surface area contributed by atoms with E-state index in [4.69, 9.17) is 17.3 Å². The molecule has 7 heteroatoms. The maximum Gasteiger partial charge on any atom is 0.305 e. The van der Waals surface area contributed by atoms with Gasteiger partial charge in [-0.25, -0.2) is 0 Å². The number of anilines is 1. The average molecular weight is 457 g/mol. The summed E-state index contributed by atoms with van der Waals surface area (Å²) in [4.78, 5) is 37.2. The highest BCUT2D eigenvalue weighted by Crippen LogP contribution is 2.47. The Morgan fingerprint density at radius 2 is 1.70 bits per heavy atom. The molecule has 1 fully saturated rings. The number of nitrogens with two attached hydrogens (primary N) is 1. The zero-order chi connectivity index (χ0) is 23.5. The van der Waals surface area contributed by atoms with Gasteiger partial charge in [-0.15, -0.1) is 18.2 Å². The summed E-state index contributed by atoms with van der Waals surface area (Å²) < 4.78 is 0. The number of primary amides is 1. The van der Waals surface area contributed by atoms with Gasteiger partial charge in [-0.05, 0) is 35.4 Å². The number of hydrogen-bond acceptors (Lipinski definition) is 4. The SMILES string of the molecule is C#Cc1ccccc1[C@@H]1S[C@H](CC(=O)O)C(=O)N1c1cccc(C(N)=O)c1.c1cc2ccc1-2.